The number of nitrogens with one attached hydrogen (secondary N) is 1. The molecule has 0 spiro atoms. The van der Waals surface area contributed by atoms with Crippen molar-refractivity contribution in [2.45, 2.75) is 33.2 Å². The second-order valence-electron chi connectivity index (χ2n) is 6.15. The minimum Gasteiger partial charge on any atom is -0.450 e. The molecule has 6 nitrogen and oxygen atoms in total. The van der Waals surface area contributed by atoms with Crippen LogP contribution in [0.25, 0.3) is 11.0 Å². The summed E-state index contributed by atoms with van der Waals surface area (Å²) in [6.45, 7) is 6.56. The van der Waals surface area contributed by atoms with Gasteiger partial charge in [0, 0.05) is 10.9 Å². The Bertz CT molecular complexity index is 816. The second kappa shape index (κ2) is 6.75. The van der Waals surface area contributed by atoms with Gasteiger partial charge in [-0.1, -0.05) is 32.0 Å². The minimum atomic E-state index is -1.02. The first-order valence-corrected chi connectivity index (χ1v) is 7.66. The van der Waals surface area contributed by atoms with Crippen LogP contribution < -0.4 is 5.32 Å². The number of ether oxygens (including phenoxy) is 1. The van der Waals surface area contributed by atoms with Crippen LogP contribution in [0.5, 0.6) is 0 Å². The molecule has 1 amide bonds. The summed E-state index contributed by atoms with van der Waals surface area (Å²) in [7, 11) is 0. The van der Waals surface area contributed by atoms with E-state index in [9.17, 15) is 14.9 Å². The summed E-state index contributed by atoms with van der Waals surface area (Å²) in [5.74, 6) is -1.24. The first-order chi connectivity index (χ1) is 11.3. The van der Waals surface area contributed by atoms with Gasteiger partial charge in [0.05, 0.1) is 6.07 Å². The number of esters is 1. The molecule has 1 aromatic heterocycles. The average Bonchev–Trinajstić information content (AvgIpc) is 2.89. The molecule has 0 aliphatic heterocycles. The van der Waals surface area contributed by atoms with Gasteiger partial charge in [-0.15, -0.1) is 0 Å². The largest absolute Gasteiger partial charge is 0.450 e. The molecule has 0 saturated heterocycles. The number of nitrogens with zero attached hydrogens (tertiary/aromatic N) is 1. The van der Waals surface area contributed by atoms with Crippen LogP contribution in [-0.2, 0) is 9.53 Å². The van der Waals surface area contributed by atoms with E-state index in [0.717, 1.165) is 5.39 Å². The van der Waals surface area contributed by atoms with E-state index in [1.54, 1.807) is 19.9 Å². The number of rotatable bonds is 5. The smallest absolute Gasteiger partial charge is 0.375 e. The Morgan fingerprint density at radius 3 is 2.62 bits per heavy atom. The van der Waals surface area contributed by atoms with Gasteiger partial charge in [0.1, 0.15) is 11.1 Å². The fraction of sp³-hybridized carbons (Fsp3) is 0.389. The monoisotopic (exact) mass is 328 g/mol. The maximum atomic E-state index is 12.1. The second-order valence-corrected chi connectivity index (χ2v) is 6.15. The van der Waals surface area contributed by atoms with Crippen molar-refractivity contribution in [1.82, 2.24) is 5.32 Å². The summed E-state index contributed by atoms with van der Waals surface area (Å²) in [4.78, 5) is 24.1. The number of hydrogen-bond donors (Lipinski definition) is 1. The number of hydrogen-bond acceptors (Lipinski definition) is 5. The molecule has 24 heavy (non-hydrogen) atoms. The Morgan fingerprint density at radius 1 is 1.38 bits per heavy atom. The van der Waals surface area contributed by atoms with Crippen molar-refractivity contribution in [2.24, 2.45) is 5.92 Å². The Kier molecular flexibility index (Phi) is 4.93. The SMILES string of the molecule is Cc1c(C(=O)OCC(=O)N[C@](C)(C#N)C(C)C)oc2ccccc12. The van der Waals surface area contributed by atoms with E-state index in [0.29, 0.717) is 11.1 Å². The number of benzene rings is 1. The maximum Gasteiger partial charge on any atom is 0.375 e. The lowest BCUT2D eigenvalue weighted by Gasteiger charge is -2.27. The normalized spacial score (nSPS) is 13.3. The molecule has 0 unspecified atom stereocenters. The van der Waals surface area contributed by atoms with Crippen molar-refractivity contribution >= 4 is 22.8 Å². The van der Waals surface area contributed by atoms with Crippen LogP contribution in [0.1, 0.15) is 36.9 Å². The zero-order valence-electron chi connectivity index (χ0n) is 14.2. The Labute approximate surface area is 140 Å². The van der Waals surface area contributed by atoms with E-state index < -0.39 is 24.0 Å². The van der Waals surface area contributed by atoms with Gasteiger partial charge in [0.25, 0.3) is 5.91 Å². The van der Waals surface area contributed by atoms with Crippen molar-refractivity contribution in [2.75, 3.05) is 6.61 Å². The van der Waals surface area contributed by atoms with Crippen LogP contribution in [0.4, 0.5) is 0 Å². The topological polar surface area (TPSA) is 92.3 Å². The van der Waals surface area contributed by atoms with Gasteiger partial charge < -0.3 is 14.5 Å². The highest BCUT2D eigenvalue weighted by Crippen LogP contribution is 2.25. The van der Waals surface area contributed by atoms with E-state index in [2.05, 4.69) is 11.4 Å². The Morgan fingerprint density at radius 2 is 2.04 bits per heavy atom. The van der Waals surface area contributed by atoms with Crippen LogP contribution in [0.3, 0.4) is 0 Å². The van der Waals surface area contributed by atoms with Gasteiger partial charge in [-0.25, -0.2) is 4.79 Å². The van der Waals surface area contributed by atoms with Gasteiger partial charge in [-0.05, 0) is 25.8 Å². The predicted molar refractivity (Wildman–Crippen MR) is 88.2 cm³/mol. The van der Waals surface area contributed by atoms with Crippen molar-refractivity contribution in [3.63, 3.8) is 0 Å². The minimum absolute atomic E-state index is 0.0795. The number of nitriles is 1. The molecule has 0 aliphatic rings. The third kappa shape index (κ3) is 3.40. The number of amides is 1. The third-order valence-corrected chi connectivity index (χ3v) is 4.15. The molecule has 0 aliphatic carbocycles. The molecule has 1 atom stereocenters. The molecule has 2 aromatic rings. The first kappa shape index (κ1) is 17.5. The molecule has 6 heteroatoms. The van der Waals surface area contributed by atoms with Gasteiger partial charge in [0.15, 0.2) is 6.61 Å². The van der Waals surface area contributed by atoms with Gasteiger partial charge in [-0.3, -0.25) is 4.79 Å². The van der Waals surface area contributed by atoms with E-state index >= 15 is 0 Å². The Balaban J connectivity index is 2.04. The van der Waals surface area contributed by atoms with Crippen LogP contribution in [-0.4, -0.2) is 24.0 Å². The molecule has 2 rings (SSSR count). The lowest BCUT2D eigenvalue weighted by molar-refractivity contribution is -0.125. The highest BCUT2D eigenvalue weighted by Gasteiger charge is 2.30. The summed E-state index contributed by atoms with van der Waals surface area (Å²) < 4.78 is 10.5. The van der Waals surface area contributed by atoms with Crippen molar-refractivity contribution in [1.29, 1.82) is 5.26 Å². The molecule has 0 saturated carbocycles. The number of carbonyl (C=O) groups is 2. The molecule has 0 bridgehead atoms. The van der Waals surface area contributed by atoms with Crippen molar-refractivity contribution < 1.29 is 18.7 Å². The van der Waals surface area contributed by atoms with Gasteiger partial charge >= 0.3 is 5.97 Å². The molecule has 0 radical (unpaired) electrons. The lowest BCUT2D eigenvalue weighted by atomic mass is 9.90. The van der Waals surface area contributed by atoms with Crippen LogP contribution in [0.2, 0.25) is 0 Å². The van der Waals surface area contributed by atoms with E-state index in [4.69, 9.17) is 9.15 Å². The summed E-state index contributed by atoms with van der Waals surface area (Å²) >= 11 is 0. The lowest BCUT2D eigenvalue weighted by Crippen LogP contribution is -2.50. The highest BCUT2D eigenvalue weighted by molar-refractivity contribution is 5.96. The van der Waals surface area contributed by atoms with Crippen molar-refractivity contribution in [3.8, 4) is 6.07 Å². The van der Waals surface area contributed by atoms with E-state index in [1.165, 1.54) is 0 Å². The van der Waals surface area contributed by atoms with Gasteiger partial charge in [0.2, 0.25) is 5.76 Å². The number of furan rings is 1. The maximum absolute atomic E-state index is 12.1. The number of carbonyl (C=O) groups excluding carboxylic acids is 2. The summed E-state index contributed by atoms with van der Waals surface area (Å²) in [5, 5.41) is 12.6. The zero-order chi connectivity index (χ0) is 17.9. The predicted octanol–water partition coefficient (Wildman–Crippen LogP) is 2.95. The molecule has 0 fully saturated rings. The number of para-hydroxylation sites is 1. The van der Waals surface area contributed by atoms with Crippen LogP contribution in [0.15, 0.2) is 28.7 Å². The van der Waals surface area contributed by atoms with E-state index in [-0.39, 0.29) is 11.7 Å². The standard InChI is InChI=1S/C18H20N2O4/c1-11(2)18(4,10-19)20-15(21)9-23-17(22)16-12(3)13-7-5-6-8-14(13)24-16/h5-8,11H,9H2,1-4H3,(H,20,21)/t18-/m1/s1. The number of aryl methyl sites for hydroxylation is 1. The molecular weight excluding hydrogens is 308 g/mol. The molecule has 1 heterocycles. The quantitative estimate of drug-likeness (QED) is 0.852. The fourth-order valence-electron chi connectivity index (χ4n) is 2.19. The molecule has 1 N–H and O–H groups in total. The highest BCUT2D eigenvalue weighted by atomic mass is 16.5. The number of fused-ring (bicyclic) bond motifs is 1. The Hall–Kier alpha value is -2.81. The van der Waals surface area contributed by atoms with Crippen molar-refractivity contribution in [3.05, 3.63) is 35.6 Å². The molecule has 1 aromatic carbocycles. The van der Waals surface area contributed by atoms with Crippen LogP contribution in [0, 0.1) is 24.2 Å². The zero-order valence-corrected chi connectivity index (χ0v) is 14.2. The van der Waals surface area contributed by atoms with E-state index in [1.807, 2.05) is 32.0 Å². The fourth-order valence-corrected chi connectivity index (χ4v) is 2.19. The summed E-state index contributed by atoms with van der Waals surface area (Å²) in [5.41, 5.74) is 0.238. The molecular formula is C18H20N2O4. The first-order valence-electron chi connectivity index (χ1n) is 7.66. The average molecular weight is 328 g/mol. The third-order valence-electron chi connectivity index (χ3n) is 4.15. The summed E-state index contributed by atoms with van der Waals surface area (Å²) in [6, 6.07) is 9.32. The van der Waals surface area contributed by atoms with Gasteiger partial charge in [-0.2, -0.15) is 5.26 Å². The van der Waals surface area contributed by atoms with Crippen LogP contribution >= 0.6 is 0 Å². The molecule has 126 valence electrons. The summed E-state index contributed by atoms with van der Waals surface area (Å²) in [6.07, 6.45) is 0.